The predicted octanol–water partition coefficient (Wildman–Crippen LogP) is 4.07. The molecule has 0 bridgehead atoms. The van der Waals surface area contributed by atoms with Crippen LogP contribution in [0.1, 0.15) is 74.0 Å². The Kier molecular flexibility index (Phi) is 6.01. The molecule has 1 saturated heterocycles. The van der Waals surface area contributed by atoms with Crippen LogP contribution >= 0.6 is 0 Å². The number of piperazine rings is 1. The highest BCUT2D eigenvalue weighted by Gasteiger charge is 2.28. The summed E-state index contributed by atoms with van der Waals surface area (Å²) in [6.45, 7) is 13.9. The van der Waals surface area contributed by atoms with E-state index in [0.29, 0.717) is 43.1 Å². The molecule has 1 aromatic carbocycles. The SMILES string of the molecule is CC(=O)c1ccc(N2CCN(C(=O)c3cc(C(C)C)n(C(C)(C)C)n3)CC2)c(F)c1. The van der Waals surface area contributed by atoms with Crippen molar-refractivity contribution in [3.63, 3.8) is 0 Å². The van der Waals surface area contributed by atoms with Crippen molar-refractivity contribution in [3.8, 4) is 0 Å². The fourth-order valence-electron chi connectivity index (χ4n) is 3.74. The topological polar surface area (TPSA) is 58.4 Å². The summed E-state index contributed by atoms with van der Waals surface area (Å²) >= 11 is 0. The highest BCUT2D eigenvalue weighted by Crippen LogP contribution is 2.25. The first-order valence-corrected chi connectivity index (χ1v) is 10.4. The molecule has 2 aromatic rings. The quantitative estimate of drug-likeness (QED) is 0.708. The van der Waals surface area contributed by atoms with Gasteiger partial charge in [-0.1, -0.05) is 13.8 Å². The molecule has 1 amide bonds. The van der Waals surface area contributed by atoms with E-state index in [9.17, 15) is 14.0 Å². The lowest BCUT2D eigenvalue weighted by atomic mass is 10.1. The Morgan fingerprint density at radius 1 is 1.07 bits per heavy atom. The molecule has 2 heterocycles. The summed E-state index contributed by atoms with van der Waals surface area (Å²) in [4.78, 5) is 28.2. The number of benzene rings is 1. The molecule has 0 atom stereocenters. The van der Waals surface area contributed by atoms with Crippen molar-refractivity contribution in [3.05, 3.63) is 47.0 Å². The molecule has 3 rings (SSSR count). The molecule has 0 spiro atoms. The molecule has 0 unspecified atom stereocenters. The molecule has 30 heavy (non-hydrogen) atoms. The first kappa shape index (κ1) is 22.0. The number of carbonyl (C=O) groups is 2. The Morgan fingerprint density at radius 3 is 2.17 bits per heavy atom. The molecule has 1 aliphatic heterocycles. The third kappa shape index (κ3) is 4.40. The van der Waals surface area contributed by atoms with E-state index in [1.807, 2.05) is 15.6 Å². The number of aromatic nitrogens is 2. The monoisotopic (exact) mass is 414 g/mol. The maximum Gasteiger partial charge on any atom is 0.274 e. The van der Waals surface area contributed by atoms with Crippen LogP contribution < -0.4 is 4.90 Å². The van der Waals surface area contributed by atoms with Gasteiger partial charge in [0.05, 0.1) is 11.2 Å². The van der Waals surface area contributed by atoms with Crippen LogP contribution in [0.15, 0.2) is 24.3 Å². The number of halogens is 1. The van der Waals surface area contributed by atoms with Crippen LogP contribution in [0.25, 0.3) is 0 Å². The number of ketones is 1. The number of hydrogen-bond acceptors (Lipinski definition) is 4. The maximum absolute atomic E-state index is 14.5. The van der Waals surface area contributed by atoms with Crippen molar-refractivity contribution in [2.75, 3.05) is 31.1 Å². The van der Waals surface area contributed by atoms with E-state index in [4.69, 9.17) is 0 Å². The first-order chi connectivity index (χ1) is 14.0. The van der Waals surface area contributed by atoms with Gasteiger partial charge in [0.2, 0.25) is 0 Å². The Hall–Kier alpha value is -2.70. The number of amides is 1. The van der Waals surface area contributed by atoms with Crippen LogP contribution in [-0.2, 0) is 5.54 Å². The third-order valence-corrected chi connectivity index (χ3v) is 5.44. The van der Waals surface area contributed by atoms with E-state index in [-0.39, 0.29) is 23.1 Å². The molecule has 1 aromatic heterocycles. The van der Waals surface area contributed by atoms with Gasteiger partial charge in [-0.25, -0.2) is 4.39 Å². The van der Waals surface area contributed by atoms with Crippen molar-refractivity contribution in [1.82, 2.24) is 14.7 Å². The van der Waals surface area contributed by atoms with Crippen molar-refractivity contribution in [2.45, 2.75) is 53.0 Å². The molecule has 0 N–H and O–H groups in total. The van der Waals surface area contributed by atoms with E-state index >= 15 is 0 Å². The minimum absolute atomic E-state index is 0.0908. The standard InChI is InChI=1S/C23H31FN4O2/c1-15(2)21-14-19(25-28(21)23(4,5)6)22(30)27-11-9-26(10-12-27)20-8-7-17(16(3)29)13-18(20)24/h7-8,13-15H,9-12H2,1-6H3. The molecular weight excluding hydrogens is 383 g/mol. The summed E-state index contributed by atoms with van der Waals surface area (Å²) in [6, 6.07) is 6.46. The van der Waals surface area contributed by atoms with Crippen molar-refractivity contribution < 1.29 is 14.0 Å². The number of carbonyl (C=O) groups excluding carboxylic acids is 2. The number of hydrogen-bond donors (Lipinski definition) is 0. The summed E-state index contributed by atoms with van der Waals surface area (Å²) in [6.07, 6.45) is 0. The van der Waals surface area contributed by atoms with Gasteiger partial charge < -0.3 is 9.80 Å². The van der Waals surface area contributed by atoms with Crippen molar-refractivity contribution in [1.29, 1.82) is 0 Å². The highest BCUT2D eigenvalue weighted by atomic mass is 19.1. The molecular formula is C23H31FN4O2. The fourth-order valence-corrected chi connectivity index (χ4v) is 3.74. The normalized spacial score (nSPS) is 15.1. The lowest BCUT2D eigenvalue weighted by Crippen LogP contribution is -2.49. The number of Topliss-reactive ketones (excluding diaryl/α,β-unsaturated/α-hetero) is 1. The zero-order valence-electron chi connectivity index (χ0n) is 18.7. The van der Waals surface area contributed by atoms with Gasteiger partial charge in [0.25, 0.3) is 5.91 Å². The number of nitrogens with zero attached hydrogens (tertiary/aromatic N) is 4. The molecule has 162 valence electrons. The van der Waals surface area contributed by atoms with E-state index in [1.165, 1.54) is 13.0 Å². The lowest BCUT2D eigenvalue weighted by Gasteiger charge is -2.36. The Bertz CT molecular complexity index is 951. The predicted molar refractivity (Wildman–Crippen MR) is 116 cm³/mol. The summed E-state index contributed by atoms with van der Waals surface area (Å²) in [5, 5.41) is 4.62. The molecule has 0 radical (unpaired) electrons. The smallest absolute Gasteiger partial charge is 0.274 e. The zero-order chi connectivity index (χ0) is 22.2. The average molecular weight is 415 g/mol. The Labute approximate surface area is 177 Å². The van der Waals surface area contributed by atoms with Gasteiger partial charge >= 0.3 is 0 Å². The second-order valence-corrected chi connectivity index (χ2v) is 9.19. The van der Waals surface area contributed by atoms with Gasteiger partial charge in [-0.05, 0) is 57.9 Å². The largest absolute Gasteiger partial charge is 0.366 e. The van der Waals surface area contributed by atoms with E-state index in [2.05, 4.69) is 39.7 Å². The second kappa shape index (κ2) is 8.20. The Morgan fingerprint density at radius 2 is 1.70 bits per heavy atom. The molecule has 7 heteroatoms. The third-order valence-electron chi connectivity index (χ3n) is 5.44. The molecule has 1 fully saturated rings. The van der Waals surface area contributed by atoms with Crippen LogP contribution in [0, 0.1) is 5.82 Å². The van der Waals surface area contributed by atoms with Crippen molar-refractivity contribution in [2.24, 2.45) is 0 Å². The Balaban J connectivity index is 1.73. The van der Waals surface area contributed by atoms with E-state index < -0.39 is 5.82 Å². The van der Waals surface area contributed by atoms with Gasteiger partial charge in [0.1, 0.15) is 5.82 Å². The zero-order valence-corrected chi connectivity index (χ0v) is 18.7. The van der Waals surface area contributed by atoms with Gasteiger partial charge in [-0.2, -0.15) is 5.10 Å². The number of anilines is 1. The molecule has 0 aliphatic carbocycles. The summed E-state index contributed by atoms with van der Waals surface area (Å²) in [5.74, 6) is -0.401. The van der Waals surface area contributed by atoms with Gasteiger partial charge in [-0.15, -0.1) is 0 Å². The molecule has 1 aliphatic rings. The average Bonchev–Trinajstić information content (AvgIpc) is 3.14. The van der Waals surface area contributed by atoms with Crippen LogP contribution in [0.3, 0.4) is 0 Å². The minimum atomic E-state index is -0.409. The maximum atomic E-state index is 14.5. The fraction of sp³-hybridized carbons (Fsp3) is 0.522. The van der Waals surface area contributed by atoms with Gasteiger partial charge in [-0.3, -0.25) is 14.3 Å². The van der Waals surface area contributed by atoms with Crippen LogP contribution in [0.2, 0.25) is 0 Å². The second-order valence-electron chi connectivity index (χ2n) is 9.19. The summed E-state index contributed by atoms with van der Waals surface area (Å²) in [7, 11) is 0. The highest BCUT2D eigenvalue weighted by molar-refractivity contribution is 5.94. The van der Waals surface area contributed by atoms with Crippen molar-refractivity contribution >= 4 is 17.4 Å². The van der Waals surface area contributed by atoms with E-state index in [0.717, 1.165) is 5.69 Å². The van der Waals surface area contributed by atoms with Crippen LogP contribution in [-0.4, -0.2) is 52.5 Å². The summed E-state index contributed by atoms with van der Waals surface area (Å²) in [5.41, 5.74) is 2.11. The molecule has 6 nitrogen and oxygen atoms in total. The molecule has 0 saturated carbocycles. The van der Waals surface area contributed by atoms with Crippen LogP contribution in [0.4, 0.5) is 10.1 Å². The van der Waals surface area contributed by atoms with Crippen LogP contribution in [0.5, 0.6) is 0 Å². The van der Waals surface area contributed by atoms with E-state index in [1.54, 1.807) is 17.0 Å². The summed E-state index contributed by atoms with van der Waals surface area (Å²) < 4.78 is 16.4. The van der Waals surface area contributed by atoms with Gasteiger partial charge in [0, 0.05) is 37.4 Å². The lowest BCUT2D eigenvalue weighted by molar-refractivity contribution is 0.0738. The first-order valence-electron chi connectivity index (χ1n) is 10.4. The van der Waals surface area contributed by atoms with Gasteiger partial charge in [0.15, 0.2) is 11.5 Å². The minimum Gasteiger partial charge on any atom is -0.366 e. The number of rotatable bonds is 4.